The Morgan fingerprint density at radius 3 is 2.29 bits per heavy atom. The minimum atomic E-state index is -0.356. The van der Waals surface area contributed by atoms with Gasteiger partial charge in [-0.2, -0.15) is 0 Å². The van der Waals surface area contributed by atoms with Crippen LogP contribution in [0, 0.1) is 0 Å². The lowest BCUT2D eigenvalue weighted by atomic mass is 9.80. The number of cyclic esters (lactones) is 1. The molecule has 0 saturated carbocycles. The molecule has 146 valence electrons. The van der Waals surface area contributed by atoms with Crippen molar-refractivity contribution in [1.82, 2.24) is 0 Å². The van der Waals surface area contributed by atoms with Crippen LogP contribution in [0.15, 0.2) is 41.6 Å². The summed E-state index contributed by atoms with van der Waals surface area (Å²) >= 11 is 0. The highest BCUT2D eigenvalue weighted by atomic mass is 16.5. The van der Waals surface area contributed by atoms with Gasteiger partial charge in [0.1, 0.15) is 18.1 Å². The maximum absolute atomic E-state index is 12.6. The van der Waals surface area contributed by atoms with Crippen LogP contribution in [0.3, 0.4) is 0 Å². The van der Waals surface area contributed by atoms with Gasteiger partial charge < -0.3 is 29.0 Å². The summed E-state index contributed by atoms with van der Waals surface area (Å²) in [4.78, 5) is 12.6. The molecule has 0 amide bonds. The molecule has 0 saturated heterocycles. The highest BCUT2D eigenvalue weighted by Gasteiger charge is 2.40. The molecule has 0 fully saturated rings. The van der Waals surface area contributed by atoms with Crippen LogP contribution in [0.1, 0.15) is 17.0 Å². The minimum absolute atomic E-state index is 0.186. The highest BCUT2D eigenvalue weighted by molar-refractivity contribution is 5.98. The number of rotatable bonds is 5. The summed E-state index contributed by atoms with van der Waals surface area (Å²) in [5.74, 6) is 1.77. The number of hydrogen-bond donors (Lipinski definition) is 1. The van der Waals surface area contributed by atoms with Gasteiger partial charge in [-0.1, -0.05) is 6.07 Å². The third-order valence-electron chi connectivity index (χ3n) is 5.05. The molecule has 1 N–H and O–H groups in total. The van der Waals surface area contributed by atoms with Crippen LogP contribution in [-0.4, -0.2) is 41.0 Å². The van der Waals surface area contributed by atoms with Gasteiger partial charge in [0.05, 0.1) is 45.4 Å². The largest absolute Gasteiger partial charge is 0.497 e. The molecule has 0 aliphatic carbocycles. The maximum atomic E-state index is 12.6. The first kappa shape index (κ1) is 18.0. The number of fused-ring (bicyclic) bond motifs is 1. The molecule has 7 nitrogen and oxygen atoms in total. The van der Waals surface area contributed by atoms with Crippen molar-refractivity contribution >= 4 is 11.7 Å². The van der Waals surface area contributed by atoms with E-state index in [1.165, 1.54) is 0 Å². The van der Waals surface area contributed by atoms with Gasteiger partial charge >= 0.3 is 5.97 Å². The van der Waals surface area contributed by atoms with Gasteiger partial charge in [-0.25, -0.2) is 4.79 Å². The molecule has 0 spiro atoms. The molecular formula is C21H21NO6. The van der Waals surface area contributed by atoms with Crippen molar-refractivity contribution in [2.24, 2.45) is 0 Å². The molecule has 2 aliphatic rings. The number of ether oxygens (including phenoxy) is 5. The Hall–Kier alpha value is -3.35. The lowest BCUT2D eigenvalue weighted by Crippen LogP contribution is -2.20. The predicted octanol–water partition coefficient (Wildman–Crippen LogP) is 3.09. The lowest BCUT2D eigenvalue weighted by molar-refractivity contribution is -0.136. The first-order chi connectivity index (χ1) is 13.6. The molecule has 28 heavy (non-hydrogen) atoms. The Bertz CT molecular complexity index is 959. The van der Waals surface area contributed by atoms with Gasteiger partial charge in [0, 0.05) is 12.0 Å². The molecule has 0 radical (unpaired) electrons. The zero-order valence-electron chi connectivity index (χ0n) is 16.1. The second-order valence-electron chi connectivity index (χ2n) is 6.44. The van der Waals surface area contributed by atoms with E-state index in [-0.39, 0.29) is 18.5 Å². The van der Waals surface area contributed by atoms with E-state index in [4.69, 9.17) is 23.7 Å². The van der Waals surface area contributed by atoms with E-state index < -0.39 is 0 Å². The molecule has 0 aromatic heterocycles. The topological polar surface area (TPSA) is 75.3 Å². The normalized spacial score (nSPS) is 17.3. The van der Waals surface area contributed by atoms with Crippen molar-refractivity contribution in [3.63, 3.8) is 0 Å². The summed E-state index contributed by atoms with van der Waals surface area (Å²) in [6, 6.07) is 9.35. The summed E-state index contributed by atoms with van der Waals surface area (Å²) in [6.07, 6.45) is 0. The van der Waals surface area contributed by atoms with E-state index in [1.54, 1.807) is 34.5 Å². The number of methoxy groups -OCH3 is 4. The quantitative estimate of drug-likeness (QED) is 0.795. The molecule has 2 aromatic carbocycles. The van der Waals surface area contributed by atoms with E-state index in [0.29, 0.717) is 28.6 Å². The SMILES string of the molecule is COc1cc(OC)cc(C2C3=C(COC3=O)Nc3c2ccc(OC)c3OC)c1. The first-order valence-corrected chi connectivity index (χ1v) is 8.76. The molecule has 1 unspecified atom stereocenters. The van der Waals surface area contributed by atoms with Gasteiger partial charge in [-0.15, -0.1) is 0 Å². The van der Waals surface area contributed by atoms with Crippen molar-refractivity contribution in [1.29, 1.82) is 0 Å². The lowest BCUT2D eigenvalue weighted by Gasteiger charge is -2.29. The number of anilines is 1. The maximum Gasteiger partial charge on any atom is 0.337 e. The van der Waals surface area contributed by atoms with Crippen LogP contribution in [0.4, 0.5) is 5.69 Å². The van der Waals surface area contributed by atoms with Crippen molar-refractivity contribution in [3.05, 3.63) is 52.7 Å². The Morgan fingerprint density at radius 1 is 0.964 bits per heavy atom. The van der Waals surface area contributed by atoms with Crippen LogP contribution in [-0.2, 0) is 9.53 Å². The molecule has 1 atom stereocenters. The van der Waals surface area contributed by atoms with Gasteiger partial charge in [-0.05, 0) is 29.3 Å². The standard InChI is InChI=1S/C21H21NO6/c1-24-12-7-11(8-13(9-12)25-2)17-14-5-6-16(26-3)20(27-4)19(14)22-15-10-28-21(23)18(15)17/h5-9,17,22H,10H2,1-4H3. The number of benzene rings is 2. The number of esters is 1. The second kappa shape index (κ2) is 6.99. The molecule has 4 rings (SSSR count). The monoisotopic (exact) mass is 383 g/mol. The summed E-state index contributed by atoms with van der Waals surface area (Å²) in [6.45, 7) is 0.186. The average Bonchev–Trinajstić information content (AvgIpc) is 3.10. The van der Waals surface area contributed by atoms with Gasteiger partial charge in [0.2, 0.25) is 0 Å². The van der Waals surface area contributed by atoms with Crippen molar-refractivity contribution in [2.45, 2.75) is 5.92 Å². The van der Waals surface area contributed by atoms with Crippen LogP contribution in [0.5, 0.6) is 23.0 Å². The average molecular weight is 383 g/mol. The van der Waals surface area contributed by atoms with E-state index in [2.05, 4.69) is 5.32 Å². The Morgan fingerprint density at radius 2 is 1.68 bits per heavy atom. The molecule has 2 aromatic rings. The number of carbonyl (C=O) groups excluding carboxylic acids is 1. The van der Waals surface area contributed by atoms with Crippen molar-refractivity contribution < 1.29 is 28.5 Å². The fourth-order valence-corrected chi connectivity index (χ4v) is 3.77. The van der Waals surface area contributed by atoms with Crippen LogP contribution in [0.2, 0.25) is 0 Å². The Labute approximate surface area is 162 Å². The fourth-order valence-electron chi connectivity index (χ4n) is 3.77. The summed E-state index contributed by atoms with van der Waals surface area (Å²) < 4.78 is 27.2. The Balaban J connectivity index is 1.97. The third-order valence-corrected chi connectivity index (χ3v) is 5.05. The van der Waals surface area contributed by atoms with E-state index in [0.717, 1.165) is 22.5 Å². The second-order valence-corrected chi connectivity index (χ2v) is 6.44. The third kappa shape index (κ3) is 2.70. The zero-order chi connectivity index (χ0) is 19.8. The van der Waals surface area contributed by atoms with E-state index in [1.807, 2.05) is 24.3 Å². The fraction of sp³-hybridized carbons (Fsp3) is 0.286. The summed E-state index contributed by atoms with van der Waals surface area (Å²) in [5, 5.41) is 3.31. The number of carbonyl (C=O) groups is 1. The molecule has 7 heteroatoms. The van der Waals surface area contributed by atoms with E-state index in [9.17, 15) is 4.79 Å². The van der Waals surface area contributed by atoms with Gasteiger partial charge in [0.25, 0.3) is 0 Å². The molecule has 0 bridgehead atoms. The van der Waals surface area contributed by atoms with Crippen molar-refractivity contribution in [2.75, 3.05) is 40.4 Å². The Kier molecular flexibility index (Phi) is 4.50. The van der Waals surface area contributed by atoms with Crippen molar-refractivity contribution in [3.8, 4) is 23.0 Å². The van der Waals surface area contributed by atoms with Gasteiger partial charge in [-0.3, -0.25) is 0 Å². The van der Waals surface area contributed by atoms with Crippen LogP contribution >= 0.6 is 0 Å². The molecular weight excluding hydrogens is 362 g/mol. The number of nitrogens with one attached hydrogen (secondary N) is 1. The molecule has 2 aliphatic heterocycles. The first-order valence-electron chi connectivity index (χ1n) is 8.76. The highest BCUT2D eigenvalue weighted by Crippen LogP contribution is 2.50. The summed E-state index contributed by atoms with van der Waals surface area (Å²) in [7, 11) is 6.36. The zero-order valence-corrected chi connectivity index (χ0v) is 16.1. The number of hydrogen-bond acceptors (Lipinski definition) is 7. The van der Waals surface area contributed by atoms with Crippen LogP contribution in [0.25, 0.3) is 0 Å². The minimum Gasteiger partial charge on any atom is -0.497 e. The smallest absolute Gasteiger partial charge is 0.337 e. The van der Waals surface area contributed by atoms with Gasteiger partial charge in [0.15, 0.2) is 11.5 Å². The van der Waals surface area contributed by atoms with E-state index >= 15 is 0 Å². The predicted molar refractivity (Wildman–Crippen MR) is 103 cm³/mol. The van der Waals surface area contributed by atoms with Crippen LogP contribution < -0.4 is 24.3 Å². The molecule has 2 heterocycles. The summed E-state index contributed by atoms with van der Waals surface area (Å²) in [5.41, 5.74) is 3.79.